The summed E-state index contributed by atoms with van der Waals surface area (Å²) in [5, 5.41) is 2.78. The predicted molar refractivity (Wildman–Crippen MR) is 95.6 cm³/mol. The lowest BCUT2D eigenvalue weighted by Gasteiger charge is -2.11. The normalized spacial score (nSPS) is 11.5. The molecule has 1 heterocycles. The van der Waals surface area contributed by atoms with Crippen molar-refractivity contribution in [2.24, 2.45) is 0 Å². The fourth-order valence-corrected chi connectivity index (χ4v) is 3.06. The third-order valence-electron chi connectivity index (χ3n) is 3.46. The maximum atomic E-state index is 12.3. The lowest BCUT2D eigenvalue weighted by molar-refractivity contribution is 0.0951. The molecule has 0 radical (unpaired) electrons. The number of benzene rings is 1. The number of carbonyl (C=O) groups is 1. The van der Waals surface area contributed by atoms with Crippen molar-refractivity contribution in [1.29, 1.82) is 0 Å². The fraction of sp³-hybridized carbons (Fsp3) is 0.294. The van der Waals surface area contributed by atoms with Gasteiger partial charge in [0.15, 0.2) is 0 Å². The zero-order valence-corrected chi connectivity index (χ0v) is 15.1. The lowest BCUT2D eigenvalue weighted by Crippen LogP contribution is -2.31. The quantitative estimate of drug-likeness (QED) is 0.726. The molecule has 0 aliphatic carbocycles. The number of carbonyl (C=O) groups excluding carboxylic acids is 1. The van der Waals surface area contributed by atoms with Gasteiger partial charge in [0.25, 0.3) is 5.91 Å². The van der Waals surface area contributed by atoms with E-state index < -0.39 is 10.0 Å². The molecule has 0 saturated heterocycles. The molecule has 0 aliphatic rings. The molecular weight excluding hydrogens is 340 g/mol. The van der Waals surface area contributed by atoms with Crippen LogP contribution in [0.2, 0.25) is 0 Å². The van der Waals surface area contributed by atoms with E-state index in [1.165, 1.54) is 24.3 Å². The largest absolute Gasteiger partial charge is 0.351 e. The summed E-state index contributed by atoms with van der Waals surface area (Å²) in [6.07, 6.45) is 3.23. The first-order chi connectivity index (χ1) is 11.9. The summed E-state index contributed by atoms with van der Waals surface area (Å²) in [4.78, 5) is 18.0. The van der Waals surface area contributed by atoms with E-state index in [9.17, 15) is 13.2 Å². The lowest BCUT2D eigenvalue weighted by atomic mass is 10.2. The minimum absolute atomic E-state index is 0.112. The number of rotatable bonds is 8. The highest BCUT2D eigenvalue weighted by atomic mass is 32.2. The predicted octanol–water partition coefficient (Wildman–Crippen LogP) is 0.852. The molecule has 2 aromatic rings. The molecule has 1 aromatic carbocycles. The highest BCUT2D eigenvalue weighted by molar-refractivity contribution is 7.89. The Morgan fingerprint density at radius 3 is 2.48 bits per heavy atom. The Labute approximate surface area is 148 Å². The summed E-state index contributed by atoms with van der Waals surface area (Å²) >= 11 is 0. The SMILES string of the molecule is CN(C)CCNC(=O)c1ccc(S(=O)(=O)NCc2cccnc2)cc1. The third-order valence-corrected chi connectivity index (χ3v) is 4.88. The minimum atomic E-state index is -3.65. The second kappa shape index (κ2) is 8.70. The van der Waals surface area contributed by atoms with E-state index in [1.807, 2.05) is 19.0 Å². The van der Waals surface area contributed by atoms with Crippen LogP contribution in [0.15, 0.2) is 53.7 Å². The maximum Gasteiger partial charge on any atom is 0.251 e. The molecule has 2 N–H and O–H groups in total. The van der Waals surface area contributed by atoms with Crippen LogP contribution in [0.3, 0.4) is 0 Å². The molecule has 0 aliphatic heterocycles. The van der Waals surface area contributed by atoms with Crippen molar-refractivity contribution >= 4 is 15.9 Å². The van der Waals surface area contributed by atoms with Gasteiger partial charge in [-0.25, -0.2) is 13.1 Å². The Hall–Kier alpha value is -2.29. The van der Waals surface area contributed by atoms with Crippen LogP contribution in [0, 0.1) is 0 Å². The molecule has 134 valence electrons. The number of pyridine rings is 1. The number of aromatic nitrogens is 1. The Kier molecular flexibility index (Phi) is 6.63. The van der Waals surface area contributed by atoms with E-state index >= 15 is 0 Å². The number of hydrogen-bond acceptors (Lipinski definition) is 5. The number of nitrogens with one attached hydrogen (secondary N) is 2. The van der Waals surface area contributed by atoms with Crippen LogP contribution in [0.4, 0.5) is 0 Å². The molecule has 0 fully saturated rings. The van der Waals surface area contributed by atoms with Crippen molar-refractivity contribution < 1.29 is 13.2 Å². The molecule has 0 atom stereocenters. The highest BCUT2D eigenvalue weighted by Crippen LogP contribution is 2.11. The number of sulfonamides is 1. The second-order valence-electron chi connectivity index (χ2n) is 5.77. The smallest absolute Gasteiger partial charge is 0.251 e. The van der Waals surface area contributed by atoms with E-state index in [-0.39, 0.29) is 17.3 Å². The van der Waals surface area contributed by atoms with Gasteiger partial charge in [-0.2, -0.15) is 0 Å². The first-order valence-corrected chi connectivity index (χ1v) is 9.28. The summed E-state index contributed by atoms with van der Waals surface area (Å²) in [5.74, 6) is -0.228. The van der Waals surface area contributed by atoms with E-state index in [0.29, 0.717) is 12.1 Å². The first-order valence-electron chi connectivity index (χ1n) is 7.80. The molecule has 7 nitrogen and oxygen atoms in total. The number of hydrogen-bond donors (Lipinski definition) is 2. The molecule has 8 heteroatoms. The van der Waals surface area contributed by atoms with Gasteiger partial charge in [-0.05, 0) is 50.0 Å². The standard InChI is InChI=1S/C17H22N4O3S/c1-21(2)11-10-19-17(22)15-5-7-16(8-6-15)25(23,24)20-13-14-4-3-9-18-12-14/h3-9,12,20H,10-11,13H2,1-2H3,(H,19,22). The van der Waals surface area contributed by atoms with Crippen LogP contribution in [-0.4, -0.2) is 51.4 Å². The zero-order chi connectivity index (χ0) is 18.3. The van der Waals surface area contributed by atoms with E-state index in [1.54, 1.807) is 24.5 Å². The molecule has 0 unspecified atom stereocenters. The van der Waals surface area contributed by atoms with Gasteiger partial charge in [0.1, 0.15) is 0 Å². The second-order valence-corrected chi connectivity index (χ2v) is 7.54. The van der Waals surface area contributed by atoms with Gasteiger partial charge in [0.2, 0.25) is 10.0 Å². The van der Waals surface area contributed by atoms with Crippen molar-refractivity contribution in [3.63, 3.8) is 0 Å². The fourth-order valence-electron chi connectivity index (χ4n) is 2.04. The van der Waals surface area contributed by atoms with Crippen LogP contribution in [0.25, 0.3) is 0 Å². The number of nitrogens with zero attached hydrogens (tertiary/aromatic N) is 2. The van der Waals surface area contributed by atoms with Crippen LogP contribution < -0.4 is 10.0 Å². The Balaban J connectivity index is 1.97. The van der Waals surface area contributed by atoms with E-state index in [4.69, 9.17) is 0 Å². The Morgan fingerprint density at radius 2 is 1.88 bits per heavy atom. The van der Waals surface area contributed by atoms with Crippen molar-refractivity contribution in [3.8, 4) is 0 Å². The molecule has 0 spiro atoms. The first kappa shape index (κ1) is 19.0. The van der Waals surface area contributed by atoms with Crippen LogP contribution in [0.5, 0.6) is 0 Å². The van der Waals surface area contributed by atoms with Gasteiger partial charge < -0.3 is 10.2 Å². The molecule has 0 bridgehead atoms. The van der Waals surface area contributed by atoms with Gasteiger partial charge >= 0.3 is 0 Å². The van der Waals surface area contributed by atoms with Gasteiger partial charge in [0, 0.05) is 37.6 Å². The molecule has 25 heavy (non-hydrogen) atoms. The molecular formula is C17H22N4O3S. The summed E-state index contributed by atoms with van der Waals surface area (Å²) in [7, 11) is 0.197. The Morgan fingerprint density at radius 1 is 1.16 bits per heavy atom. The monoisotopic (exact) mass is 362 g/mol. The molecule has 2 rings (SSSR count). The van der Waals surface area contributed by atoms with Gasteiger partial charge in [-0.15, -0.1) is 0 Å². The number of amides is 1. The average molecular weight is 362 g/mol. The highest BCUT2D eigenvalue weighted by Gasteiger charge is 2.14. The van der Waals surface area contributed by atoms with Crippen molar-refractivity contribution in [2.45, 2.75) is 11.4 Å². The van der Waals surface area contributed by atoms with Crippen LogP contribution in [-0.2, 0) is 16.6 Å². The summed E-state index contributed by atoms with van der Waals surface area (Å²) < 4.78 is 27.1. The topological polar surface area (TPSA) is 91.4 Å². The van der Waals surface area contributed by atoms with Crippen LogP contribution in [0.1, 0.15) is 15.9 Å². The van der Waals surface area contributed by atoms with Gasteiger partial charge in [-0.1, -0.05) is 6.07 Å². The van der Waals surface area contributed by atoms with Crippen molar-refractivity contribution in [2.75, 3.05) is 27.2 Å². The molecule has 1 aromatic heterocycles. The minimum Gasteiger partial charge on any atom is -0.351 e. The summed E-state index contributed by atoms with van der Waals surface area (Å²) in [5.41, 5.74) is 1.19. The van der Waals surface area contributed by atoms with Gasteiger partial charge in [-0.3, -0.25) is 9.78 Å². The Bertz CT molecular complexity index is 790. The van der Waals surface area contributed by atoms with Crippen molar-refractivity contribution in [1.82, 2.24) is 19.9 Å². The van der Waals surface area contributed by atoms with Gasteiger partial charge in [0.05, 0.1) is 4.90 Å². The maximum absolute atomic E-state index is 12.3. The van der Waals surface area contributed by atoms with E-state index in [2.05, 4.69) is 15.0 Å². The van der Waals surface area contributed by atoms with E-state index in [0.717, 1.165) is 12.1 Å². The van der Waals surface area contributed by atoms with Crippen LogP contribution >= 0.6 is 0 Å². The average Bonchev–Trinajstić information content (AvgIpc) is 2.61. The third kappa shape index (κ3) is 5.93. The molecule has 1 amide bonds. The summed E-state index contributed by atoms with van der Waals surface area (Å²) in [6, 6.07) is 9.39. The molecule has 0 saturated carbocycles. The number of likely N-dealkylation sites (N-methyl/N-ethyl adjacent to an activating group) is 1. The van der Waals surface area contributed by atoms with Crippen molar-refractivity contribution in [3.05, 3.63) is 59.9 Å². The summed E-state index contributed by atoms with van der Waals surface area (Å²) in [6.45, 7) is 1.41. The zero-order valence-electron chi connectivity index (χ0n) is 14.3.